The zero-order valence-electron chi connectivity index (χ0n) is 18.4. The highest BCUT2D eigenvalue weighted by Crippen LogP contribution is 2.22. The van der Waals surface area contributed by atoms with Gasteiger partial charge in [0, 0.05) is 36.3 Å². The SMILES string of the molecule is CCC(CCN(C)C(=O)c1ccc2[nH]cc(C(=O)C=O)c2c1)Cc1ccccc1.CN. The normalized spacial score (nSPS) is 11.4. The lowest BCUT2D eigenvalue weighted by Gasteiger charge is -2.21. The quantitative estimate of drug-likeness (QED) is 0.312. The van der Waals surface area contributed by atoms with E-state index in [0.29, 0.717) is 35.3 Å². The van der Waals surface area contributed by atoms with E-state index in [1.54, 1.807) is 30.1 Å². The van der Waals surface area contributed by atoms with Crippen LogP contribution in [0.5, 0.6) is 0 Å². The number of nitrogens with two attached hydrogens (primary N) is 1. The monoisotopic (exact) mass is 421 g/mol. The summed E-state index contributed by atoms with van der Waals surface area (Å²) in [6.45, 7) is 2.84. The van der Waals surface area contributed by atoms with Crippen molar-refractivity contribution in [3.63, 3.8) is 0 Å². The van der Waals surface area contributed by atoms with Gasteiger partial charge in [-0.2, -0.15) is 0 Å². The Kier molecular flexibility index (Phi) is 9.15. The summed E-state index contributed by atoms with van der Waals surface area (Å²) in [4.78, 5) is 40.2. The molecule has 6 nitrogen and oxygen atoms in total. The second kappa shape index (κ2) is 11.8. The van der Waals surface area contributed by atoms with Crippen molar-refractivity contribution in [2.75, 3.05) is 20.6 Å². The third-order valence-corrected chi connectivity index (χ3v) is 5.47. The highest BCUT2D eigenvalue weighted by molar-refractivity contribution is 6.36. The van der Waals surface area contributed by atoms with Gasteiger partial charge in [-0.3, -0.25) is 14.4 Å². The summed E-state index contributed by atoms with van der Waals surface area (Å²) in [5.74, 6) is -0.176. The number of nitrogens with zero attached hydrogens (tertiary/aromatic N) is 1. The Labute approximate surface area is 183 Å². The Bertz CT molecular complexity index is 1010. The maximum Gasteiger partial charge on any atom is 0.253 e. The first-order valence-electron chi connectivity index (χ1n) is 10.5. The second-order valence-corrected chi connectivity index (χ2v) is 7.42. The van der Waals surface area contributed by atoms with Crippen LogP contribution in [0.3, 0.4) is 0 Å². The van der Waals surface area contributed by atoms with Crippen LogP contribution in [0, 0.1) is 5.92 Å². The molecule has 0 saturated heterocycles. The van der Waals surface area contributed by atoms with E-state index in [1.165, 1.54) is 18.8 Å². The average Bonchev–Trinajstić information content (AvgIpc) is 3.25. The predicted octanol–water partition coefficient (Wildman–Crippen LogP) is 3.86. The summed E-state index contributed by atoms with van der Waals surface area (Å²) < 4.78 is 0. The Morgan fingerprint density at radius 3 is 2.48 bits per heavy atom. The molecular formula is C25H31N3O3. The van der Waals surface area contributed by atoms with Crippen molar-refractivity contribution in [3.8, 4) is 0 Å². The van der Waals surface area contributed by atoms with Gasteiger partial charge in [0.15, 0.2) is 6.29 Å². The molecule has 0 aliphatic rings. The maximum atomic E-state index is 12.9. The first kappa shape index (κ1) is 24.0. The minimum Gasteiger partial charge on any atom is -0.360 e. The summed E-state index contributed by atoms with van der Waals surface area (Å²) >= 11 is 0. The fourth-order valence-electron chi connectivity index (χ4n) is 3.62. The van der Waals surface area contributed by atoms with Gasteiger partial charge in [-0.15, -0.1) is 0 Å². The van der Waals surface area contributed by atoms with E-state index in [-0.39, 0.29) is 5.91 Å². The van der Waals surface area contributed by atoms with E-state index in [9.17, 15) is 14.4 Å². The topological polar surface area (TPSA) is 96.3 Å². The number of carbonyl (C=O) groups is 3. The van der Waals surface area contributed by atoms with Crippen molar-refractivity contribution in [2.24, 2.45) is 11.7 Å². The molecule has 0 fully saturated rings. The average molecular weight is 422 g/mol. The van der Waals surface area contributed by atoms with Gasteiger partial charge in [0.25, 0.3) is 5.91 Å². The van der Waals surface area contributed by atoms with Gasteiger partial charge < -0.3 is 15.6 Å². The third kappa shape index (κ3) is 6.12. The molecule has 164 valence electrons. The van der Waals surface area contributed by atoms with Crippen molar-refractivity contribution in [2.45, 2.75) is 26.2 Å². The number of fused-ring (bicyclic) bond motifs is 1. The lowest BCUT2D eigenvalue weighted by molar-refractivity contribution is -0.104. The third-order valence-electron chi connectivity index (χ3n) is 5.47. The van der Waals surface area contributed by atoms with Crippen molar-refractivity contribution in [3.05, 3.63) is 71.4 Å². The summed E-state index contributed by atoms with van der Waals surface area (Å²) in [5, 5.41) is 0.594. The molecule has 0 spiro atoms. The molecule has 1 atom stereocenters. The van der Waals surface area contributed by atoms with E-state index in [2.05, 4.69) is 41.9 Å². The van der Waals surface area contributed by atoms with Crippen LogP contribution in [-0.4, -0.2) is 48.5 Å². The van der Waals surface area contributed by atoms with Crippen LogP contribution < -0.4 is 5.73 Å². The molecule has 2 aromatic carbocycles. The number of carbonyl (C=O) groups excluding carboxylic acids is 3. The number of hydrogen-bond acceptors (Lipinski definition) is 4. The first-order chi connectivity index (χ1) is 15.0. The van der Waals surface area contributed by atoms with Crippen LogP contribution in [0.15, 0.2) is 54.7 Å². The van der Waals surface area contributed by atoms with Crippen LogP contribution in [0.2, 0.25) is 0 Å². The number of amides is 1. The molecule has 1 aromatic heterocycles. The number of aromatic nitrogens is 1. The van der Waals surface area contributed by atoms with Crippen molar-refractivity contribution >= 4 is 28.9 Å². The largest absolute Gasteiger partial charge is 0.360 e. The number of Topliss-reactive ketones (excluding diaryl/α,β-unsaturated/α-hetero) is 1. The van der Waals surface area contributed by atoms with Gasteiger partial charge >= 0.3 is 0 Å². The Morgan fingerprint density at radius 1 is 1.13 bits per heavy atom. The summed E-state index contributed by atoms with van der Waals surface area (Å²) in [7, 11) is 3.30. The van der Waals surface area contributed by atoms with E-state index in [4.69, 9.17) is 0 Å². The fraction of sp³-hybridized carbons (Fsp3) is 0.320. The molecule has 0 radical (unpaired) electrons. The van der Waals surface area contributed by atoms with Gasteiger partial charge in [-0.05, 0) is 49.6 Å². The molecule has 3 aromatic rings. The number of aldehydes is 1. The van der Waals surface area contributed by atoms with Gasteiger partial charge in [0.2, 0.25) is 5.78 Å². The molecule has 0 aliphatic carbocycles. The molecular weight excluding hydrogens is 390 g/mol. The lowest BCUT2D eigenvalue weighted by atomic mass is 9.93. The number of H-pyrrole nitrogens is 1. The molecule has 1 heterocycles. The fourth-order valence-corrected chi connectivity index (χ4v) is 3.62. The van der Waals surface area contributed by atoms with Gasteiger partial charge in [-0.1, -0.05) is 43.7 Å². The minimum atomic E-state index is -0.596. The van der Waals surface area contributed by atoms with E-state index in [0.717, 1.165) is 24.8 Å². The standard InChI is InChI=1S/C24H26N2O3.CH5N/c1-3-17(13-18-7-5-4-6-8-18)11-12-26(2)24(29)19-9-10-22-20(14-19)21(15-25-22)23(28)16-27;1-2/h4-10,14-17,25H,3,11-13H2,1-2H3;2H2,1H3. The molecule has 1 unspecified atom stereocenters. The smallest absolute Gasteiger partial charge is 0.253 e. The molecule has 0 bridgehead atoms. The van der Waals surface area contributed by atoms with Crippen LogP contribution in [0.1, 0.15) is 46.0 Å². The molecule has 3 N–H and O–H groups in total. The number of ketones is 1. The van der Waals surface area contributed by atoms with Gasteiger partial charge in [0.05, 0.1) is 5.56 Å². The zero-order chi connectivity index (χ0) is 22.8. The number of rotatable bonds is 9. The highest BCUT2D eigenvalue weighted by atomic mass is 16.2. The Balaban J connectivity index is 0.00000166. The van der Waals surface area contributed by atoms with Crippen molar-refractivity contribution in [1.82, 2.24) is 9.88 Å². The number of hydrogen-bond donors (Lipinski definition) is 2. The van der Waals surface area contributed by atoms with E-state index >= 15 is 0 Å². The summed E-state index contributed by atoms with van der Waals surface area (Å²) in [6, 6.07) is 15.6. The first-order valence-corrected chi connectivity index (χ1v) is 10.5. The molecule has 0 aliphatic heterocycles. The molecule has 1 amide bonds. The van der Waals surface area contributed by atoms with Crippen LogP contribution in [0.25, 0.3) is 10.9 Å². The van der Waals surface area contributed by atoms with Crippen LogP contribution in [0.4, 0.5) is 0 Å². The minimum absolute atomic E-state index is 0.0906. The Hall–Kier alpha value is -3.25. The Morgan fingerprint density at radius 2 is 1.84 bits per heavy atom. The number of aromatic amines is 1. The van der Waals surface area contributed by atoms with Crippen molar-refractivity contribution in [1.29, 1.82) is 0 Å². The molecule has 6 heteroatoms. The summed E-state index contributed by atoms with van der Waals surface area (Å²) in [5.41, 5.74) is 7.35. The van der Waals surface area contributed by atoms with Gasteiger partial charge in [-0.25, -0.2) is 0 Å². The van der Waals surface area contributed by atoms with E-state index < -0.39 is 5.78 Å². The van der Waals surface area contributed by atoms with Crippen LogP contribution >= 0.6 is 0 Å². The maximum absolute atomic E-state index is 12.9. The zero-order valence-corrected chi connectivity index (χ0v) is 18.4. The predicted molar refractivity (Wildman–Crippen MR) is 124 cm³/mol. The molecule has 3 rings (SSSR count). The highest BCUT2D eigenvalue weighted by Gasteiger charge is 2.17. The van der Waals surface area contributed by atoms with Crippen LogP contribution in [-0.2, 0) is 11.2 Å². The second-order valence-electron chi connectivity index (χ2n) is 7.42. The lowest BCUT2D eigenvalue weighted by Crippen LogP contribution is -2.29. The number of benzene rings is 2. The van der Waals surface area contributed by atoms with Crippen molar-refractivity contribution < 1.29 is 14.4 Å². The molecule has 31 heavy (non-hydrogen) atoms. The number of nitrogens with one attached hydrogen (secondary N) is 1. The summed E-state index contributed by atoms with van der Waals surface area (Å²) in [6.07, 6.45) is 4.79. The molecule has 0 saturated carbocycles. The van der Waals surface area contributed by atoms with E-state index in [1.807, 2.05) is 6.07 Å². The van der Waals surface area contributed by atoms with Gasteiger partial charge in [0.1, 0.15) is 0 Å².